The van der Waals surface area contributed by atoms with Crippen LogP contribution in [-0.2, 0) is 10.2 Å². The minimum Gasteiger partial charge on any atom is -0.496 e. The molecule has 2 aromatic rings. The molecule has 4 heteroatoms. The van der Waals surface area contributed by atoms with Gasteiger partial charge in [-0.2, -0.15) is 0 Å². The van der Waals surface area contributed by atoms with E-state index >= 15 is 0 Å². The van der Waals surface area contributed by atoms with Gasteiger partial charge >= 0.3 is 0 Å². The third-order valence-electron chi connectivity index (χ3n) is 4.73. The molecular formula is C19H22N2O2. The maximum Gasteiger partial charge on any atom is 0.236 e. The van der Waals surface area contributed by atoms with Gasteiger partial charge in [-0.25, -0.2) is 0 Å². The third kappa shape index (κ3) is 2.30. The molecule has 1 amide bonds. The Kier molecular flexibility index (Phi) is 3.65. The Morgan fingerprint density at radius 1 is 1.17 bits per heavy atom. The van der Waals surface area contributed by atoms with Crippen LogP contribution in [0.3, 0.4) is 0 Å². The van der Waals surface area contributed by atoms with E-state index in [1.807, 2.05) is 63.4 Å². The number of ether oxygens (including phenoxy) is 1. The van der Waals surface area contributed by atoms with Gasteiger partial charge in [0.05, 0.1) is 18.6 Å². The predicted octanol–water partition coefficient (Wildman–Crippen LogP) is 3.00. The van der Waals surface area contributed by atoms with Crippen LogP contribution in [0.15, 0.2) is 42.5 Å². The van der Waals surface area contributed by atoms with Crippen LogP contribution in [0.4, 0.5) is 5.69 Å². The number of carbonyl (C=O) groups is 1. The van der Waals surface area contributed by atoms with Crippen molar-refractivity contribution in [2.45, 2.75) is 25.3 Å². The van der Waals surface area contributed by atoms with E-state index in [-0.39, 0.29) is 11.9 Å². The van der Waals surface area contributed by atoms with Crippen LogP contribution in [0.1, 0.15) is 36.6 Å². The first-order valence-corrected chi connectivity index (χ1v) is 7.69. The minimum absolute atomic E-state index is 0.107. The van der Waals surface area contributed by atoms with Gasteiger partial charge in [0.25, 0.3) is 0 Å². The third-order valence-corrected chi connectivity index (χ3v) is 4.73. The fourth-order valence-corrected chi connectivity index (χ4v) is 3.29. The lowest BCUT2D eigenvalue weighted by molar-refractivity contribution is -0.121. The van der Waals surface area contributed by atoms with Gasteiger partial charge in [0.1, 0.15) is 5.75 Å². The summed E-state index contributed by atoms with van der Waals surface area (Å²) in [6.07, 6.45) is 0. The molecule has 1 atom stereocenters. The summed E-state index contributed by atoms with van der Waals surface area (Å²) in [7, 11) is 3.46. The number of fused-ring (bicyclic) bond motifs is 1. The number of rotatable bonds is 3. The van der Waals surface area contributed by atoms with Gasteiger partial charge in [-0.3, -0.25) is 4.79 Å². The Balaban J connectivity index is 2.07. The molecule has 0 aliphatic carbocycles. The lowest BCUT2D eigenvalue weighted by atomic mass is 9.84. The van der Waals surface area contributed by atoms with Crippen LogP contribution in [-0.4, -0.2) is 20.1 Å². The number of benzene rings is 2. The van der Waals surface area contributed by atoms with Crippen molar-refractivity contribution < 1.29 is 9.53 Å². The average molecular weight is 310 g/mol. The second-order valence-corrected chi connectivity index (χ2v) is 6.49. The second kappa shape index (κ2) is 5.39. The minimum atomic E-state index is -0.527. The van der Waals surface area contributed by atoms with Crippen LogP contribution in [0, 0.1) is 0 Å². The first-order chi connectivity index (χ1) is 10.9. The summed E-state index contributed by atoms with van der Waals surface area (Å²) < 4.78 is 5.41. The highest BCUT2D eigenvalue weighted by molar-refractivity contribution is 6.07. The fourth-order valence-electron chi connectivity index (χ4n) is 3.29. The molecule has 1 aliphatic rings. The molecule has 23 heavy (non-hydrogen) atoms. The van der Waals surface area contributed by atoms with E-state index in [1.54, 1.807) is 12.0 Å². The zero-order valence-electron chi connectivity index (χ0n) is 14.0. The van der Waals surface area contributed by atoms with E-state index in [2.05, 4.69) is 0 Å². The molecule has 0 fully saturated rings. The van der Waals surface area contributed by atoms with Crippen molar-refractivity contribution >= 4 is 11.6 Å². The van der Waals surface area contributed by atoms with Crippen molar-refractivity contribution in [3.05, 3.63) is 59.2 Å². The first-order valence-electron chi connectivity index (χ1n) is 7.69. The smallest absolute Gasteiger partial charge is 0.236 e. The van der Waals surface area contributed by atoms with Crippen molar-refractivity contribution in [2.24, 2.45) is 5.73 Å². The largest absolute Gasteiger partial charge is 0.496 e. The average Bonchev–Trinajstić information content (AvgIpc) is 2.74. The molecule has 2 aromatic carbocycles. The van der Waals surface area contributed by atoms with E-state index in [9.17, 15) is 4.79 Å². The molecule has 4 nitrogen and oxygen atoms in total. The normalized spacial score (nSPS) is 17.1. The zero-order valence-corrected chi connectivity index (χ0v) is 14.0. The molecule has 2 N–H and O–H groups in total. The monoisotopic (exact) mass is 310 g/mol. The summed E-state index contributed by atoms with van der Waals surface area (Å²) >= 11 is 0. The van der Waals surface area contributed by atoms with Crippen LogP contribution >= 0.6 is 0 Å². The summed E-state index contributed by atoms with van der Waals surface area (Å²) in [5, 5.41) is 0. The van der Waals surface area contributed by atoms with Crippen molar-refractivity contribution in [1.29, 1.82) is 0 Å². The highest BCUT2D eigenvalue weighted by Crippen LogP contribution is 2.42. The standard InChI is InChI=1S/C19H22N2O2/c1-19(2)14-11-12(9-10-15(14)21(3)18(19)22)17(20)13-7-5-6-8-16(13)23-4/h5-11,17H,20H2,1-4H3. The van der Waals surface area contributed by atoms with E-state index in [1.165, 1.54) is 0 Å². The lowest BCUT2D eigenvalue weighted by Gasteiger charge is -2.19. The lowest BCUT2D eigenvalue weighted by Crippen LogP contribution is -2.33. The summed E-state index contributed by atoms with van der Waals surface area (Å²) in [4.78, 5) is 14.1. The van der Waals surface area contributed by atoms with E-state index in [0.29, 0.717) is 0 Å². The first kappa shape index (κ1) is 15.6. The summed E-state index contributed by atoms with van der Waals surface area (Å²) in [5.74, 6) is 0.878. The maximum absolute atomic E-state index is 12.4. The van der Waals surface area contributed by atoms with Gasteiger partial charge in [0.2, 0.25) is 5.91 Å². The molecule has 120 valence electrons. The second-order valence-electron chi connectivity index (χ2n) is 6.49. The van der Waals surface area contributed by atoms with Gasteiger partial charge in [0.15, 0.2) is 0 Å². The van der Waals surface area contributed by atoms with Crippen molar-refractivity contribution in [3.8, 4) is 5.75 Å². The number of hydrogen-bond donors (Lipinski definition) is 1. The SMILES string of the molecule is COc1ccccc1C(N)c1ccc2c(c1)C(C)(C)C(=O)N2C. The van der Waals surface area contributed by atoms with Gasteiger partial charge < -0.3 is 15.4 Å². The molecule has 0 bridgehead atoms. The summed E-state index contributed by atoms with van der Waals surface area (Å²) in [5.41, 5.74) is 9.83. The highest BCUT2D eigenvalue weighted by atomic mass is 16.5. The Hall–Kier alpha value is -2.33. The van der Waals surface area contributed by atoms with Crippen molar-refractivity contribution in [3.63, 3.8) is 0 Å². The van der Waals surface area contributed by atoms with Crippen LogP contribution in [0.25, 0.3) is 0 Å². The number of hydrogen-bond acceptors (Lipinski definition) is 3. The number of para-hydroxylation sites is 1. The van der Waals surface area contributed by atoms with Gasteiger partial charge in [-0.05, 0) is 37.1 Å². The number of anilines is 1. The molecule has 0 saturated heterocycles. The fraction of sp³-hybridized carbons (Fsp3) is 0.316. The highest BCUT2D eigenvalue weighted by Gasteiger charge is 2.42. The molecular weight excluding hydrogens is 288 g/mol. The molecule has 0 aromatic heterocycles. The number of likely N-dealkylation sites (N-methyl/N-ethyl adjacent to an activating group) is 1. The molecule has 0 spiro atoms. The number of methoxy groups -OCH3 is 1. The summed E-state index contributed by atoms with van der Waals surface area (Å²) in [6.45, 7) is 3.91. The molecule has 0 saturated carbocycles. The predicted molar refractivity (Wildman–Crippen MR) is 91.9 cm³/mol. The zero-order chi connectivity index (χ0) is 16.8. The summed E-state index contributed by atoms with van der Waals surface area (Å²) in [6, 6.07) is 13.5. The number of amides is 1. The van der Waals surface area contributed by atoms with Crippen LogP contribution in [0.2, 0.25) is 0 Å². The molecule has 1 unspecified atom stereocenters. The van der Waals surface area contributed by atoms with Crippen molar-refractivity contribution in [2.75, 3.05) is 19.1 Å². The van der Waals surface area contributed by atoms with E-state index in [0.717, 1.165) is 28.1 Å². The Labute approximate surface area is 136 Å². The van der Waals surface area contributed by atoms with Gasteiger partial charge in [0, 0.05) is 18.3 Å². The quantitative estimate of drug-likeness (QED) is 0.948. The topological polar surface area (TPSA) is 55.6 Å². The Morgan fingerprint density at radius 2 is 1.87 bits per heavy atom. The van der Waals surface area contributed by atoms with Crippen LogP contribution in [0.5, 0.6) is 5.75 Å². The number of carbonyl (C=O) groups excluding carboxylic acids is 1. The Bertz CT molecular complexity index is 768. The molecule has 3 rings (SSSR count). The van der Waals surface area contributed by atoms with Crippen LogP contribution < -0.4 is 15.4 Å². The Morgan fingerprint density at radius 3 is 2.57 bits per heavy atom. The molecule has 1 aliphatic heterocycles. The van der Waals surface area contributed by atoms with E-state index < -0.39 is 5.41 Å². The molecule has 1 heterocycles. The van der Waals surface area contributed by atoms with Gasteiger partial charge in [-0.1, -0.05) is 30.3 Å². The van der Waals surface area contributed by atoms with Gasteiger partial charge in [-0.15, -0.1) is 0 Å². The molecule has 0 radical (unpaired) electrons. The van der Waals surface area contributed by atoms with Crippen molar-refractivity contribution in [1.82, 2.24) is 0 Å². The maximum atomic E-state index is 12.4. The van der Waals surface area contributed by atoms with E-state index in [4.69, 9.17) is 10.5 Å². The number of nitrogens with zero attached hydrogens (tertiary/aromatic N) is 1. The number of nitrogens with two attached hydrogens (primary N) is 1.